The fourth-order valence-electron chi connectivity index (χ4n) is 2.98. The number of thiocarbonyl (C=S) groups is 1. The van der Waals surface area contributed by atoms with Crippen LogP contribution in [0.25, 0.3) is 6.08 Å². The monoisotopic (exact) mass is 512 g/mol. The number of hydrogen-bond acceptors (Lipinski definition) is 8. The number of benzene rings is 2. The van der Waals surface area contributed by atoms with E-state index >= 15 is 0 Å². The van der Waals surface area contributed by atoms with Crippen molar-refractivity contribution >= 4 is 74.4 Å². The Labute approximate surface area is 209 Å². The molecule has 0 bridgehead atoms. The van der Waals surface area contributed by atoms with Gasteiger partial charge in [0.25, 0.3) is 5.91 Å². The van der Waals surface area contributed by atoms with E-state index in [1.807, 2.05) is 43.3 Å². The minimum atomic E-state index is -0.366. The number of aromatic nitrogens is 2. The van der Waals surface area contributed by atoms with Gasteiger partial charge in [-0.2, -0.15) is 0 Å². The summed E-state index contributed by atoms with van der Waals surface area (Å²) in [5, 5.41) is 11.3. The van der Waals surface area contributed by atoms with Crippen LogP contribution in [0.15, 0.2) is 57.8 Å². The van der Waals surface area contributed by atoms with Crippen LogP contribution in [0.2, 0.25) is 0 Å². The normalized spacial score (nSPS) is 14.8. The fourth-order valence-corrected chi connectivity index (χ4v) is 6.08. The molecule has 1 aromatic heterocycles. The number of carbonyl (C=O) groups excluding carboxylic acids is 2. The average molecular weight is 513 g/mol. The number of aryl methyl sites for hydroxylation is 2. The van der Waals surface area contributed by atoms with Gasteiger partial charge in [0.1, 0.15) is 10.9 Å². The smallest absolute Gasteiger partial charge is 0.266 e. The summed E-state index contributed by atoms with van der Waals surface area (Å²) in [6.45, 7) is 3.91. The van der Waals surface area contributed by atoms with Gasteiger partial charge in [0.05, 0.1) is 4.91 Å². The first-order chi connectivity index (χ1) is 15.9. The minimum Gasteiger partial charge on any atom is -0.299 e. The minimum absolute atomic E-state index is 0.166. The number of thioether (sulfide) groups is 2. The lowest BCUT2D eigenvalue weighted by Gasteiger charge is -2.13. The molecule has 33 heavy (non-hydrogen) atoms. The van der Waals surface area contributed by atoms with E-state index < -0.39 is 0 Å². The maximum absolute atomic E-state index is 12.8. The van der Waals surface area contributed by atoms with Crippen LogP contribution < -0.4 is 5.32 Å². The number of anilines is 1. The Morgan fingerprint density at radius 3 is 2.67 bits per heavy atom. The van der Waals surface area contributed by atoms with Crippen LogP contribution in [-0.2, 0) is 15.3 Å². The molecular formula is C23H20N4O2S4. The molecule has 0 radical (unpaired) electrons. The van der Waals surface area contributed by atoms with Gasteiger partial charge < -0.3 is 0 Å². The number of nitrogens with zero attached hydrogens (tertiary/aromatic N) is 3. The SMILES string of the molecule is Cc1ccc(/C=C2\SC(=S)N(CC(=O)Nc3nnc(SCc4ccccc4C)s3)C2=O)cc1. The van der Waals surface area contributed by atoms with E-state index in [0.717, 1.165) is 21.2 Å². The van der Waals surface area contributed by atoms with Crippen molar-refractivity contribution in [1.29, 1.82) is 0 Å². The first kappa shape index (κ1) is 23.6. The van der Waals surface area contributed by atoms with Crippen molar-refractivity contribution in [2.24, 2.45) is 0 Å². The topological polar surface area (TPSA) is 75.2 Å². The predicted octanol–water partition coefficient (Wildman–Crippen LogP) is 5.29. The van der Waals surface area contributed by atoms with Gasteiger partial charge in [0.15, 0.2) is 4.34 Å². The van der Waals surface area contributed by atoms with Gasteiger partial charge in [-0.3, -0.25) is 19.8 Å². The van der Waals surface area contributed by atoms with Crippen LogP contribution in [0.5, 0.6) is 0 Å². The third kappa shape index (κ3) is 6.08. The molecule has 0 spiro atoms. The third-order valence-corrected chi connectivity index (χ3v) is 8.21. The Balaban J connectivity index is 1.33. The molecule has 2 amide bonds. The molecule has 6 nitrogen and oxygen atoms in total. The number of hydrogen-bond donors (Lipinski definition) is 1. The van der Waals surface area contributed by atoms with Crippen LogP contribution in [-0.4, -0.2) is 37.8 Å². The highest BCUT2D eigenvalue weighted by Crippen LogP contribution is 2.33. The highest BCUT2D eigenvalue weighted by molar-refractivity contribution is 8.26. The second-order valence-electron chi connectivity index (χ2n) is 7.31. The Kier molecular flexibility index (Phi) is 7.59. The zero-order chi connectivity index (χ0) is 23.4. The molecule has 3 aromatic rings. The number of rotatable bonds is 7. The molecule has 2 aromatic carbocycles. The molecule has 1 fully saturated rings. The van der Waals surface area contributed by atoms with Gasteiger partial charge in [-0.05, 0) is 36.6 Å². The van der Waals surface area contributed by atoms with Gasteiger partial charge in [-0.15, -0.1) is 10.2 Å². The van der Waals surface area contributed by atoms with E-state index in [1.165, 1.54) is 39.1 Å². The Morgan fingerprint density at radius 2 is 1.91 bits per heavy atom. The second-order valence-corrected chi connectivity index (χ2v) is 11.2. The summed E-state index contributed by atoms with van der Waals surface area (Å²) in [7, 11) is 0. The molecule has 0 atom stereocenters. The van der Waals surface area contributed by atoms with E-state index in [0.29, 0.717) is 14.4 Å². The highest BCUT2D eigenvalue weighted by Gasteiger charge is 2.33. The molecule has 0 unspecified atom stereocenters. The van der Waals surface area contributed by atoms with Crippen molar-refractivity contribution in [3.63, 3.8) is 0 Å². The summed E-state index contributed by atoms with van der Waals surface area (Å²) in [4.78, 5) is 27.1. The lowest BCUT2D eigenvalue weighted by molar-refractivity contribution is -0.126. The summed E-state index contributed by atoms with van der Waals surface area (Å²) < 4.78 is 1.13. The summed E-state index contributed by atoms with van der Waals surface area (Å²) in [6, 6.07) is 16.0. The molecule has 1 aliphatic heterocycles. The molecule has 0 aliphatic carbocycles. The van der Waals surface area contributed by atoms with E-state index in [4.69, 9.17) is 12.2 Å². The van der Waals surface area contributed by atoms with Gasteiger partial charge in [0, 0.05) is 5.75 Å². The fraction of sp³-hybridized carbons (Fsp3) is 0.174. The Hall–Kier alpha value is -2.53. The largest absolute Gasteiger partial charge is 0.299 e. The molecule has 1 N–H and O–H groups in total. The highest BCUT2D eigenvalue weighted by atomic mass is 32.2. The van der Waals surface area contributed by atoms with Crippen LogP contribution in [0, 0.1) is 13.8 Å². The number of nitrogens with one attached hydrogen (secondary N) is 1. The quantitative estimate of drug-likeness (QED) is 0.200. The standard InChI is InChI=1S/C23H20N4O2S4/c1-14-7-9-16(10-8-14)11-18-20(29)27(23(30)32-18)12-19(28)24-21-25-26-22(33-21)31-13-17-6-4-3-5-15(17)2/h3-11H,12-13H2,1-2H3,(H,24,25,28)/b18-11-. The van der Waals surface area contributed by atoms with E-state index in [-0.39, 0.29) is 18.4 Å². The predicted molar refractivity (Wildman–Crippen MR) is 140 cm³/mol. The van der Waals surface area contributed by atoms with Crippen LogP contribution in [0.1, 0.15) is 22.3 Å². The van der Waals surface area contributed by atoms with Crippen molar-refractivity contribution in [2.45, 2.75) is 23.9 Å². The Morgan fingerprint density at radius 1 is 1.15 bits per heavy atom. The number of amides is 2. The van der Waals surface area contributed by atoms with Crippen molar-refractivity contribution in [2.75, 3.05) is 11.9 Å². The molecular weight excluding hydrogens is 493 g/mol. The molecule has 168 valence electrons. The van der Waals surface area contributed by atoms with Crippen LogP contribution in [0.3, 0.4) is 0 Å². The van der Waals surface area contributed by atoms with Gasteiger partial charge in [-0.1, -0.05) is 101 Å². The van der Waals surface area contributed by atoms with E-state index in [2.05, 4.69) is 34.6 Å². The van der Waals surface area contributed by atoms with Crippen LogP contribution in [0.4, 0.5) is 5.13 Å². The summed E-state index contributed by atoms with van der Waals surface area (Å²) in [5.74, 6) is 0.140. The Bertz CT molecular complexity index is 1240. The maximum Gasteiger partial charge on any atom is 0.266 e. The van der Waals surface area contributed by atoms with Crippen molar-refractivity contribution < 1.29 is 9.59 Å². The zero-order valence-corrected chi connectivity index (χ0v) is 21.2. The van der Waals surface area contributed by atoms with Crippen molar-refractivity contribution in [3.05, 3.63) is 75.7 Å². The molecule has 1 saturated heterocycles. The lowest BCUT2D eigenvalue weighted by Crippen LogP contribution is -2.36. The first-order valence-corrected chi connectivity index (χ1v) is 13.0. The second kappa shape index (κ2) is 10.6. The van der Waals surface area contributed by atoms with E-state index in [1.54, 1.807) is 17.8 Å². The molecule has 0 saturated carbocycles. The number of carbonyl (C=O) groups is 2. The average Bonchev–Trinajstić information content (AvgIpc) is 3.34. The first-order valence-electron chi connectivity index (χ1n) is 10.0. The van der Waals surface area contributed by atoms with Gasteiger partial charge in [0.2, 0.25) is 11.0 Å². The van der Waals surface area contributed by atoms with Gasteiger partial charge in [-0.25, -0.2) is 0 Å². The summed E-state index contributed by atoms with van der Waals surface area (Å²) >= 11 is 9.40. The maximum atomic E-state index is 12.8. The van der Waals surface area contributed by atoms with Crippen molar-refractivity contribution in [3.8, 4) is 0 Å². The third-order valence-electron chi connectivity index (χ3n) is 4.82. The molecule has 4 rings (SSSR count). The molecule has 2 heterocycles. The molecule has 10 heteroatoms. The van der Waals surface area contributed by atoms with E-state index in [9.17, 15) is 9.59 Å². The zero-order valence-electron chi connectivity index (χ0n) is 17.9. The van der Waals surface area contributed by atoms with Crippen molar-refractivity contribution in [1.82, 2.24) is 15.1 Å². The summed E-state index contributed by atoms with van der Waals surface area (Å²) in [6.07, 6.45) is 1.79. The lowest BCUT2D eigenvalue weighted by atomic mass is 10.1. The summed E-state index contributed by atoms with van der Waals surface area (Å²) in [5.41, 5.74) is 4.51. The van der Waals surface area contributed by atoms with Crippen LogP contribution >= 0.6 is 47.1 Å². The molecule has 1 aliphatic rings. The van der Waals surface area contributed by atoms with Gasteiger partial charge >= 0.3 is 0 Å².